The molecule has 0 aliphatic rings. The van der Waals surface area contributed by atoms with Gasteiger partial charge in [-0.05, 0) is 24.1 Å². The van der Waals surface area contributed by atoms with Crippen LogP contribution in [0.3, 0.4) is 0 Å². The van der Waals surface area contributed by atoms with Crippen molar-refractivity contribution < 1.29 is 9.53 Å². The first kappa shape index (κ1) is 14.5. The molecule has 0 saturated heterocycles. The van der Waals surface area contributed by atoms with Crippen molar-refractivity contribution in [3.8, 4) is 0 Å². The van der Waals surface area contributed by atoms with Crippen LogP contribution in [-0.2, 0) is 16.0 Å². The van der Waals surface area contributed by atoms with Crippen molar-refractivity contribution in [1.82, 2.24) is 5.32 Å². The number of carbonyl (C=O) groups is 1. The number of hydrogen-bond donors (Lipinski definition) is 1. The first-order valence-corrected chi connectivity index (χ1v) is 6.15. The molecule has 0 spiro atoms. The van der Waals surface area contributed by atoms with Crippen LogP contribution in [0.5, 0.6) is 0 Å². The third-order valence-electron chi connectivity index (χ3n) is 2.72. The van der Waals surface area contributed by atoms with Gasteiger partial charge in [-0.2, -0.15) is 0 Å². The molecule has 0 unspecified atom stereocenters. The molecule has 0 aliphatic carbocycles. The Hall–Kier alpha value is -1.55. The van der Waals surface area contributed by atoms with E-state index in [2.05, 4.69) is 34.5 Å². The van der Waals surface area contributed by atoms with Gasteiger partial charge in [-0.1, -0.05) is 12.1 Å². The number of methoxy groups -OCH3 is 1. The molecule has 0 saturated carbocycles. The second kappa shape index (κ2) is 7.71. The molecule has 4 heteroatoms. The Balaban J connectivity index is 2.32. The number of benzene rings is 1. The van der Waals surface area contributed by atoms with Crippen LogP contribution < -0.4 is 10.2 Å². The summed E-state index contributed by atoms with van der Waals surface area (Å²) in [5.41, 5.74) is 2.35. The Morgan fingerprint density at radius 1 is 1.28 bits per heavy atom. The normalized spacial score (nSPS) is 10.2. The SMILES string of the molecule is COCCNC(=O)CCc1ccc(N(C)C)cc1. The lowest BCUT2D eigenvalue weighted by Gasteiger charge is -2.12. The fraction of sp³-hybridized carbons (Fsp3) is 0.500. The summed E-state index contributed by atoms with van der Waals surface area (Å²) in [7, 11) is 5.65. The van der Waals surface area contributed by atoms with E-state index in [9.17, 15) is 4.79 Å². The van der Waals surface area contributed by atoms with Crippen molar-refractivity contribution in [3.63, 3.8) is 0 Å². The lowest BCUT2D eigenvalue weighted by molar-refractivity contribution is -0.121. The number of anilines is 1. The number of rotatable bonds is 7. The number of amides is 1. The van der Waals surface area contributed by atoms with Crippen molar-refractivity contribution in [2.45, 2.75) is 12.8 Å². The van der Waals surface area contributed by atoms with E-state index in [4.69, 9.17) is 4.74 Å². The van der Waals surface area contributed by atoms with Gasteiger partial charge >= 0.3 is 0 Å². The van der Waals surface area contributed by atoms with Gasteiger partial charge < -0.3 is 15.0 Å². The quantitative estimate of drug-likeness (QED) is 0.745. The third-order valence-corrected chi connectivity index (χ3v) is 2.72. The first-order chi connectivity index (χ1) is 8.63. The molecule has 18 heavy (non-hydrogen) atoms. The maximum atomic E-state index is 11.5. The summed E-state index contributed by atoms with van der Waals surface area (Å²) in [4.78, 5) is 13.5. The highest BCUT2D eigenvalue weighted by Gasteiger charge is 2.02. The maximum Gasteiger partial charge on any atom is 0.220 e. The molecule has 1 aromatic rings. The van der Waals surface area contributed by atoms with Crippen LogP contribution in [0.2, 0.25) is 0 Å². The molecule has 0 bridgehead atoms. The lowest BCUT2D eigenvalue weighted by atomic mass is 10.1. The smallest absolute Gasteiger partial charge is 0.220 e. The zero-order valence-electron chi connectivity index (χ0n) is 11.4. The summed E-state index contributed by atoms with van der Waals surface area (Å²) in [5, 5.41) is 2.81. The number of carbonyl (C=O) groups excluding carboxylic acids is 1. The first-order valence-electron chi connectivity index (χ1n) is 6.15. The highest BCUT2D eigenvalue weighted by atomic mass is 16.5. The molecule has 100 valence electrons. The summed E-state index contributed by atoms with van der Waals surface area (Å²) in [6.45, 7) is 1.14. The molecule has 1 amide bonds. The predicted molar refractivity (Wildman–Crippen MR) is 74.0 cm³/mol. The second-order valence-corrected chi connectivity index (χ2v) is 4.40. The summed E-state index contributed by atoms with van der Waals surface area (Å²) >= 11 is 0. The molecule has 0 heterocycles. The third kappa shape index (κ3) is 5.19. The molecule has 0 aliphatic heterocycles. The van der Waals surface area contributed by atoms with Crippen molar-refractivity contribution >= 4 is 11.6 Å². The molecular formula is C14H22N2O2. The van der Waals surface area contributed by atoms with E-state index in [1.807, 2.05) is 14.1 Å². The molecule has 1 N–H and O–H groups in total. The minimum absolute atomic E-state index is 0.0729. The molecule has 0 fully saturated rings. The largest absolute Gasteiger partial charge is 0.383 e. The summed E-state index contributed by atoms with van der Waals surface area (Å²) in [6, 6.07) is 8.27. The van der Waals surface area contributed by atoms with E-state index in [0.29, 0.717) is 19.6 Å². The average Bonchev–Trinajstić information content (AvgIpc) is 2.37. The number of nitrogens with one attached hydrogen (secondary N) is 1. The van der Waals surface area contributed by atoms with Gasteiger partial charge in [0.05, 0.1) is 6.61 Å². The fourth-order valence-electron chi connectivity index (χ4n) is 1.60. The van der Waals surface area contributed by atoms with Crippen LogP contribution in [0.25, 0.3) is 0 Å². The standard InChI is InChI=1S/C14H22N2O2/c1-16(2)13-7-4-12(5-8-13)6-9-14(17)15-10-11-18-3/h4-5,7-8H,6,9-11H2,1-3H3,(H,15,17). The Kier molecular flexibility index (Phi) is 6.22. The predicted octanol–water partition coefficient (Wildman–Crippen LogP) is 1.45. The van der Waals surface area contributed by atoms with Crippen molar-refractivity contribution in [3.05, 3.63) is 29.8 Å². The molecule has 4 nitrogen and oxygen atoms in total. The fourth-order valence-corrected chi connectivity index (χ4v) is 1.60. The van der Waals surface area contributed by atoms with Gasteiger partial charge in [0.15, 0.2) is 0 Å². The van der Waals surface area contributed by atoms with Gasteiger partial charge in [0.2, 0.25) is 5.91 Å². The van der Waals surface area contributed by atoms with E-state index in [1.54, 1.807) is 7.11 Å². The van der Waals surface area contributed by atoms with Crippen LogP contribution in [-0.4, -0.2) is 40.3 Å². The molecule has 1 rings (SSSR count). The van der Waals surface area contributed by atoms with Crippen LogP contribution in [0, 0.1) is 0 Å². The molecule has 0 atom stereocenters. The van der Waals surface area contributed by atoms with E-state index in [1.165, 1.54) is 11.3 Å². The lowest BCUT2D eigenvalue weighted by Crippen LogP contribution is -2.27. The maximum absolute atomic E-state index is 11.5. The van der Waals surface area contributed by atoms with E-state index in [-0.39, 0.29) is 5.91 Å². The summed E-state index contributed by atoms with van der Waals surface area (Å²) < 4.78 is 4.87. The van der Waals surface area contributed by atoms with Crippen LogP contribution >= 0.6 is 0 Å². The average molecular weight is 250 g/mol. The zero-order chi connectivity index (χ0) is 13.4. The second-order valence-electron chi connectivity index (χ2n) is 4.40. The molecular weight excluding hydrogens is 228 g/mol. The van der Waals surface area contributed by atoms with E-state index in [0.717, 1.165) is 6.42 Å². The van der Waals surface area contributed by atoms with Gasteiger partial charge in [-0.15, -0.1) is 0 Å². The Morgan fingerprint density at radius 2 is 1.94 bits per heavy atom. The van der Waals surface area contributed by atoms with Crippen molar-refractivity contribution in [1.29, 1.82) is 0 Å². The number of nitrogens with zero attached hydrogens (tertiary/aromatic N) is 1. The van der Waals surface area contributed by atoms with Gasteiger partial charge in [0, 0.05) is 39.9 Å². The Bertz CT molecular complexity index is 361. The topological polar surface area (TPSA) is 41.6 Å². The highest BCUT2D eigenvalue weighted by molar-refractivity contribution is 5.76. The number of hydrogen-bond acceptors (Lipinski definition) is 3. The van der Waals surface area contributed by atoms with Crippen molar-refractivity contribution in [2.75, 3.05) is 39.3 Å². The van der Waals surface area contributed by atoms with Gasteiger partial charge in [0.1, 0.15) is 0 Å². The summed E-state index contributed by atoms with van der Waals surface area (Å²) in [6.07, 6.45) is 1.29. The monoisotopic (exact) mass is 250 g/mol. The molecule has 0 aromatic heterocycles. The van der Waals surface area contributed by atoms with E-state index < -0.39 is 0 Å². The molecule has 1 aromatic carbocycles. The Labute approximate surface area is 109 Å². The Morgan fingerprint density at radius 3 is 2.50 bits per heavy atom. The minimum Gasteiger partial charge on any atom is -0.383 e. The van der Waals surface area contributed by atoms with Gasteiger partial charge in [-0.3, -0.25) is 4.79 Å². The van der Waals surface area contributed by atoms with Crippen LogP contribution in [0.4, 0.5) is 5.69 Å². The van der Waals surface area contributed by atoms with Gasteiger partial charge in [-0.25, -0.2) is 0 Å². The highest BCUT2D eigenvalue weighted by Crippen LogP contribution is 2.13. The minimum atomic E-state index is 0.0729. The van der Waals surface area contributed by atoms with Crippen LogP contribution in [0.1, 0.15) is 12.0 Å². The van der Waals surface area contributed by atoms with Crippen LogP contribution in [0.15, 0.2) is 24.3 Å². The molecule has 0 radical (unpaired) electrons. The zero-order valence-corrected chi connectivity index (χ0v) is 11.4. The van der Waals surface area contributed by atoms with E-state index >= 15 is 0 Å². The van der Waals surface area contributed by atoms with Gasteiger partial charge in [0.25, 0.3) is 0 Å². The number of aryl methyl sites for hydroxylation is 1. The summed E-state index contributed by atoms with van der Waals surface area (Å²) in [5.74, 6) is 0.0729. The number of ether oxygens (including phenoxy) is 1. The van der Waals surface area contributed by atoms with Crippen molar-refractivity contribution in [2.24, 2.45) is 0 Å².